The summed E-state index contributed by atoms with van der Waals surface area (Å²) in [6, 6.07) is 0. The first-order chi connectivity index (χ1) is 3.64. The molecule has 0 N–H and O–H groups in total. The quantitative estimate of drug-likeness (QED) is 0.491. The van der Waals surface area contributed by atoms with Gasteiger partial charge in [0.15, 0.2) is 11.2 Å². The van der Waals surface area contributed by atoms with Gasteiger partial charge in [0.25, 0.3) is 0 Å². The molecule has 0 unspecified atom stereocenters. The summed E-state index contributed by atoms with van der Waals surface area (Å²) in [7, 11) is 0. The maximum atomic E-state index is 10.4. The normalized spacial score (nSPS) is 10.2. The second kappa shape index (κ2) is 1.28. The van der Waals surface area contributed by atoms with E-state index in [9.17, 15) is 9.59 Å². The lowest BCUT2D eigenvalue weighted by Crippen LogP contribution is -1.87. The van der Waals surface area contributed by atoms with Crippen molar-refractivity contribution >= 4 is 5.78 Å². The van der Waals surface area contributed by atoms with Gasteiger partial charge >= 0.3 is 0 Å². The van der Waals surface area contributed by atoms with Crippen molar-refractivity contribution in [1.82, 2.24) is 0 Å². The van der Waals surface area contributed by atoms with Gasteiger partial charge in [0.05, 0.1) is 5.56 Å². The Labute approximate surface area is 46.8 Å². The van der Waals surface area contributed by atoms with Gasteiger partial charge in [-0.2, -0.15) is 0 Å². The third kappa shape index (κ3) is 0.494. The number of carbonyl (C=O) groups excluding carboxylic acids is 1. The van der Waals surface area contributed by atoms with Crippen molar-refractivity contribution in [3.05, 3.63) is 21.4 Å². The first-order valence-electron chi connectivity index (χ1n) is 2.41. The molecule has 0 radical (unpaired) electrons. The number of hydrogen-bond acceptors (Lipinski definition) is 2. The lowest BCUT2D eigenvalue weighted by Gasteiger charge is -1.69. The van der Waals surface area contributed by atoms with Gasteiger partial charge < -0.3 is 0 Å². The Morgan fingerprint density at radius 2 is 1.88 bits per heavy atom. The van der Waals surface area contributed by atoms with E-state index in [1.807, 2.05) is 0 Å². The summed E-state index contributed by atoms with van der Waals surface area (Å²) in [5.74, 6) is -0.104. The molecule has 2 heteroatoms. The molecule has 0 fully saturated rings. The average molecular weight is 110 g/mol. The van der Waals surface area contributed by atoms with E-state index in [1.54, 1.807) is 6.92 Å². The van der Waals surface area contributed by atoms with Crippen LogP contribution in [0.1, 0.15) is 22.8 Å². The fourth-order valence-corrected chi connectivity index (χ4v) is 0.682. The van der Waals surface area contributed by atoms with E-state index in [4.69, 9.17) is 0 Å². The van der Waals surface area contributed by atoms with Crippen LogP contribution in [0.15, 0.2) is 4.79 Å². The topological polar surface area (TPSA) is 34.1 Å². The van der Waals surface area contributed by atoms with Gasteiger partial charge in [-0.05, 0) is 13.8 Å². The van der Waals surface area contributed by atoms with E-state index in [0.29, 0.717) is 11.1 Å². The zero-order chi connectivity index (χ0) is 6.31. The lowest BCUT2D eigenvalue weighted by molar-refractivity contribution is 0.102. The molecule has 0 spiro atoms. The minimum atomic E-state index is -0.104. The molecule has 42 valence electrons. The van der Waals surface area contributed by atoms with Crippen molar-refractivity contribution in [2.75, 3.05) is 0 Å². The molecule has 0 bridgehead atoms. The third-order valence-electron chi connectivity index (χ3n) is 1.23. The smallest absolute Gasteiger partial charge is 0.193 e. The molecule has 1 rings (SSSR count). The van der Waals surface area contributed by atoms with Crippen molar-refractivity contribution in [2.45, 2.75) is 13.8 Å². The van der Waals surface area contributed by atoms with Crippen molar-refractivity contribution in [1.29, 1.82) is 0 Å². The molecule has 0 atom stereocenters. The SMILES string of the molecule is CC(=O)c1c(C)c1=O. The van der Waals surface area contributed by atoms with Crippen LogP contribution in [0.2, 0.25) is 0 Å². The van der Waals surface area contributed by atoms with Crippen LogP contribution < -0.4 is 5.43 Å². The Bertz CT molecular complexity index is 238. The van der Waals surface area contributed by atoms with E-state index >= 15 is 0 Å². The van der Waals surface area contributed by atoms with E-state index in [0.717, 1.165) is 0 Å². The van der Waals surface area contributed by atoms with Gasteiger partial charge in [0.2, 0.25) is 0 Å². The lowest BCUT2D eigenvalue weighted by atomic mass is 10.3. The monoisotopic (exact) mass is 110 g/mol. The summed E-state index contributed by atoms with van der Waals surface area (Å²) in [4.78, 5) is 20.7. The zero-order valence-electron chi connectivity index (χ0n) is 4.82. The van der Waals surface area contributed by atoms with Crippen molar-refractivity contribution in [2.24, 2.45) is 0 Å². The number of rotatable bonds is 1. The minimum absolute atomic E-state index is 0.0579. The molecule has 0 saturated heterocycles. The Kier molecular flexibility index (Phi) is 0.834. The van der Waals surface area contributed by atoms with E-state index in [1.165, 1.54) is 6.92 Å². The van der Waals surface area contributed by atoms with E-state index in [-0.39, 0.29) is 11.2 Å². The largest absolute Gasteiger partial charge is 0.294 e. The van der Waals surface area contributed by atoms with Gasteiger partial charge in [-0.25, -0.2) is 0 Å². The van der Waals surface area contributed by atoms with E-state index in [2.05, 4.69) is 0 Å². The van der Waals surface area contributed by atoms with Crippen molar-refractivity contribution < 1.29 is 4.79 Å². The van der Waals surface area contributed by atoms with E-state index < -0.39 is 0 Å². The molecule has 0 heterocycles. The predicted octanol–water partition coefficient (Wildman–Crippen LogP) is 0.433. The second-order valence-electron chi connectivity index (χ2n) is 1.89. The Morgan fingerprint density at radius 3 is 1.88 bits per heavy atom. The fourth-order valence-electron chi connectivity index (χ4n) is 0.682. The standard InChI is InChI=1S/C6H6O2/c1-3-5(4(2)7)6(3)8/h1-2H3. The summed E-state index contributed by atoms with van der Waals surface area (Å²) in [5, 5.41) is 0. The van der Waals surface area contributed by atoms with Gasteiger partial charge in [0.1, 0.15) is 0 Å². The minimum Gasteiger partial charge on any atom is -0.294 e. The third-order valence-corrected chi connectivity index (χ3v) is 1.23. The van der Waals surface area contributed by atoms with Crippen LogP contribution in [-0.2, 0) is 0 Å². The fraction of sp³-hybridized carbons (Fsp3) is 0.333. The molecule has 8 heavy (non-hydrogen) atoms. The summed E-state index contributed by atoms with van der Waals surface area (Å²) in [5.41, 5.74) is 0.986. The number of hydrogen-bond donors (Lipinski definition) is 0. The molecule has 0 aliphatic carbocycles. The number of Topliss-reactive ketones (excluding diaryl/α,β-unsaturated/α-hetero) is 1. The van der Waals surface area contributed by atoms with Crippen LogP contribution in [-0.4, -0.2) is 5.78 Å². The maximum absolute atomic E-state index is 10.4. The van der Waals surface area contributed by atoms with Crippen LogP contribution in [0.4, 0.5) is 0 Å². The first kappa shape index (κ1) is 5.22. The van der Waals surface area contributed by atoms with Gasteiger partial charge in [-0.15, -0.1) is 0 Å². The van der Waals surface area contributed by atoms with Crippen LogP contribution in [0.25, 0.3) is 0 Å². The summed E-state index contributed by atoms with van der Waals surface area (Å²) in [6.07, 6.45) is 0. The van der Waals surface area contributed by atoms with Crippen LogP contribution in [0.5, 0.6) is 0 Å². The van der Waals surface area contributed by atoms with Crippen LogP contribution >= 0.6 is 0 Å². The Morgan fingerprint density at radius 1 is 1.50 bits per heavy atom. The highest BCUT2D eigenvalue weighted by molar-refractivity contribution is 5.99. The number of carbonyl (C=O) groups is 1. The first-order valence-corrected chi connectivity index (χ1v) is 2.41. The highest BCUT2D eigenvalue weighted by atomic mass is 16.1. The highest BCUT2D eigenvalue weighted by Crippen LogP contribution is 2.05. The molecule has 0 saturated carbocycles. The second-order valence-corrected chi connectivity index (χ2v) is 1.89. The van der Waals surface area contributed by atoms with Crippen molar-refractivity contribution in [3.8, 4) is 0 Å². The van der Waals surface area contributed by atoms with Crippen LogP contribution in [0.3, 0.4) is 0 Å². The molecule has 0 amide bonds. The molecule has 1 aromatic rings. The highest BCUT2D eigenvalue weighted by Gasteiger charge is 2.20. The number of ketones is 1. The zero-order valence-corrected chi connectivity index (χ0v) is 4.82. The summed E-state index contributed by atoms with van der Waals surface area (Å²) in [6.45, 7) is 3.07. The molecule has 2 nitrogen and oxygen atoms in total. The molecule has 0 aliphatic heterocycles. The molecule has 0 aromatic heterocycles. The summed E-state index contributed by atoms with van der Waals surface area (Å²) >= 11 is 0. The molecule has 1 aromatic carbocycles. The maximum Gasteiger partial charge on any atom is 0.193 e. The Balaban J connectivity index is 2.97. The molecular weight excluding hydrogens is 104 g/mol. The molecule has 0 aliphatic rings. The Hall–Kier alpha value is -0.920. The molecular formula is C6H6O2. The predicted molar refractivity (Wildman–Crippen MR) is 29.8 cm³/mol. The summed E-state index contributed by atoms with van der Waals surface area (Å²) < 4.78 is 0. The average Bonchev–Trinajstić information content (AvgIpc) is 2.15. The van der Waals surface area contributed by atoms with Crippen LogP contribution in [0, 0.1) is 6.92 Å². The van der Waals surface area contributed by atoms with Gasteiger partial charge in [0, 0.05) is 5.56 Å². The van der Waals surface area contributed by atoms with Gasteiger partial charge in [-0.1, -0.05) is 0 Å². The van der Waals surface area contributed by atoms with Gasteiger partial charge in [-0.3, -0.25) is 9.59 Å². The van der Waals surface area contributed by atoms with Crippen molar-refractivity contribution in [3.63, 3.8) is 0 Å².